The molecule has 0 aliphatic rings. The van der Waals surface area contributed by atoms with Gasteiger partial charge in [-0.05, 0) is 25.0 Å². The predicted octanol–water partition coefficient (Wildman–Crippen LogP) is 4.40. The minimum absolute atomic E-state index is 0.572. The number of benzene rings is 1. The van der Waals surface area contributed by atoms with Gasteiger partial charge in [0.2, 0.25) is 0 Å². The first-order valence-corrected chi connectivity index (χ1v) is 6.58. The van der Waals surface area contributed by atoms with Gasteiger partial charge in [-0.2, -0.15) is 0 Å². The number of unbranched alkanes of at least 4 members (excludes halogenated alkanes) is 2. The SMILES string of the molecule is CCCCCC(C)NCc1ccccc1Cl. The molecule has 1 atom stereocenters. The fraction of sp³-hybridized carbons (Fsp3) is 0.571. The van der Waals surface area contributed by atoms with E-state index in [0.717, 1.165) is 11.6 Å². The zero-order valence-corrected chi connectivity index (χ0v) is 11.1. The molecule has 0 bridgehead atoms. The molecule has 1 unspecified atom stereocenters. The van der Waals surface area contributed by atoms with Gasteiger partial charge in [-0.25, -0.2) is 0 Å². The quantitative estimate of drug-likeness (QED) is 0.696. The second-order valence-corrected chi connectivity index (χ2v) is 4.78. The van der Waals surface area contributed by atoms with Gasteiger partial charge in [0.05, 0.1) is 0 Å². The normalized spacial score (nSPS) is 12.7. The van der Waals surface area contributed by atoms with Crippen molar-refractivity contribution in [3.63, 3.8) is 0 Å². The second-order valence-electron chi connectivity index (χ2n) is 4.37. The van der Waals surface area contributed by atoms with E-state index in [4.69, 9.17) is 11.6 Å². The largest absolute Gasteiger partial charge is 0.310 e. The highest BCUT2D eigenvalue weighted by molar-refractivity contribution is 6.31. The Balaban J connectivity index is 2.26. The predicted molar refractivity (Wildman–Crippen MR) is 71.9 cm³/mol. The Morgan fingerprint density at radius 3 is 2.69 bits per heavy atom. The zero-order valence-electron chi connectivity index (χ0n) is 10.3. The maximum absolute atomic E-state index is 6.09. The third kappa shape index (κ3) is 5.00. The molecular weight excluding hydrogens is 218 g/mol. The average Bonchev–Trinajstić information content (AvgIpc) is 2.28. The van der Waals surface area contributed by atoms with Gasteiger partial charge in [0.25, 0.3) is 0 Å². The average molecular weight is 240 g/mol. The van der Waals surface area contributed by atoms with Crippen molar-refractivity contribution in [1.29, 1.82) is 0 Å². The van der Waals surface area contributed by atoms with Gasteiger partial charge in [0.1, 0.15) is 0 Å². The van der Waals surface area contributed by atoms with Gasteiger partial charge in [0.15, 0.2) is 0 Å². The molecule has 0 aliphatic heterocycles. The highest BCUT2D eigenvalue weighted by Crippen LogP contribution is 2.14. The van der Waals surface area contributed by atoms with E-state index in [-0.39, 0.29) is 0 Å². The first kappa shape index (κ1) is 13.5. The summed E-state index contributed by atoms with van der Waals surface area (Å²) in [5, 5.41) is 4.37. The van der Waals surface area contributed by atoms with Crippen molar-refractivity contribution in [3.05, 3.63) is 34.9 Å². The van der Waals surface area contributed by atoms with Crippen molar-refractivity contribution in [2.45, 2.75) is 52.1 Å². The Morgan fingerprint density at radius 2 is 2.00 bits per heavy atom. The Morgan fingerprint density at radius 1 is 1.25 bits per heavy atom. The number of halogens is 1. The molecule has 2 heteroatoms. The first-order valence-electron chi connectivity index (χ1n) is 6.20. The molecule has 0 saturated heterocycles. The summed E-state index contributed by atoms with van der Waals surface area (Å²) in [7, 11) is 0. The Bertz CT molecular complexity index is 299. The fourth-order valence-electron chi connectivity index (χ4n) is 1.73. The third-order valence-corrected chi connectivity index (χ3v) is 3.21. The highest BCUT2D eigenvalue weighted by Gasteiger charge is 2.03. The number of nitrogens with one attached hydrogen (secondary N) is 1. The van der Waals surface area contributed by atoms with Crippen LogP contribution in [-0.4, -0.2) is 6.04 Å². The molecule has 1 rings (SSSR count). The van der Waals surface area contributed by atoms with Crippen molar-refractivity contribution >= 4 is 11.6 Å². The molecular formula is C14H22ClN. The van der Waals surface area contributed by atoms with Crippen LogP contribution in [0.15, 0.2) is 24.3 Å². The molecule has 0 amide bonds. The molecule has 0 spiro atoms. The fourth-order valence-corrected chi connectivity index (χ4v) is 1.93. The van der Waals surface area contributed by atoms with Crippen LogP contribution in [0.4, 0.5) is 0 Å². The molecule has 1 aromatic rings. The molecule has 1 aromatic carbocycles. The van der Waals surface area contributed by atoms with Gasteiger partial charge in [-0.1, -0.05) is 56.0 Å². The lowest BCUT2D eigenvalue weighted by atomic mass is 10.1. The first-order chi connectivity index (χ1) is 7.74. The van der Waals surface area contributed by atoms with Crippen LogP contribution in [0.25, 0.3) is 0 Å². The van der Waals surface area contributed by atoms with Crippen molar-refractivity contribution in [1.82, 2.24) is 5.32 Å². The molecule has 1 nitrogen and oxygen atoms in total. The van der Waals surface area contributed by atoms with E-state index in [2.05, 4.69) is 25.2 Å². The van der Waals surface area contributed by atoms with Crippen LogP contribution in [0.3, 0.4) is 0 Å². The van der Waals surface area contributed by atoms with Crippen LogP contribution in [0.5, 0.6) is 0 Å². The summed E-state index contributed by atoms with van der Waals surface area (Å²) in [6.07, 6.45) is 5.18. The molecule has 0 fully saturated rings. The van der Waals surface area contributed by atoms with Crippen molar-refractivity contribution in [2.24, 2.45) is 0 Å². The second kappa shape index (κ2) is 7.70. The summed E-state index contributed by atoms with van der Waals surface area (Å²) >= 11 is 6.09. The van der Waals surface area contributed by atoms with E-state index in [1.165, 1.54) is 31.2 Å². The van der Waals surface area contributed by atoms with Gasteiger partial charge < -0.3 is 5.32 Å². The smallest absolute Gasteiger partial charge is 0.0450 e. The van der Waals surface area contributed by atoms with Gasteiger partial charge in [0, 0.05) is 17.6 Å². The molecule has 0 aromatic heterocycles. The van der Waals surface area contributed by atoms with Crippen LogP contribution < -0.4 is 5.32 Å². The van der Waals surface area contributed by atoms with Crippen molar-refractivity contribution < 1.29 is 0 Å². The number of hydrogen-bond acceptors (Lipinski definition) is 1. The van der Waals surface area contributed by atoms with Crippen LogP contribution in [0, 0.1) is 0 Å². The molecule has 0 heterocycles. The maximum atomic E-state index is 6.09. The van der Waals surface area contributed by atoms with E-state index in [1.54, 1.807) is 0 Å². The van der Waals surface area contributed by atoms with Gasteiger partial charge in [-0.3, -0.25) is 0 Å². The molecule has 0 aliphatic carbocycles. The summed E-state index contributed by atoms with van der Waals surface area (Å²) in [5.74, 6) is 0. The van der Waals surface area contributed by atoms with E-state index in [0.29, 0.717) is 6.04 Å². The molecule has 1 N–H and O–H groups in total. The summed E-state index contributed by atoms with van der Waals surface area (Å²) < 4.78 is 0. The number of hydrogen-bond donors (Lipinski definition) is 1. The lowest BCUT2D eigenvalue weighted by Gasteiger charge is -2.14. The summed E-state index contributed by atoms with van der Waals surface area (Å²) in [4.78, 5) is 0. The highest BCUT2D eigenvalue weighted by atomic mass is 35.5. The van der Waals surface area contributed by atoms with Crippen LogP contribution in [0.2, 0.25) is 5.02 Å². The Hall–Kier alpha value is -0.530. The minimum atomic E-state index is 0.572. The Labute approximate surface area is 104 Å². The van der Waals surface area contributed by atoms with Crippen LogP contribution in [0.1, 0.15) is 45.1 Å². The van der Waals surface area contributed by atoms with E-state index in [9.17, 15) is 0 Å². The zero-order chi connectivity index (χ0) is 11.8. The van der Waals surface area contributed by atoms with E-state index in [1.807, 2.05) is 18.2 Å². The third-order valence-electron chi connectivity index (χ3n) is 2.84. The minimum Gasteiger partial charge on any atom is -0.310 e. The van der Waals surface area contributed by atoms with E-state index < -0.39 is 0 Å². The lowest BCUT2D eigenvalue weighted by molar-refractivity contribution is 0.487. The van der Waals surface area contributed by atoms with Crippen molar-refractivity contribution in [2.75, 3.05) is 0 Å². The van der Waals surface area contributed by atoms with E-state index >= 15 is 0 Å². The van der Waals surface area contributed by atoms with Crippen LogP contribution >= 0.6 is 11.6 Å². The van der Waals surface area contributed by atoms with Gasteiger partial charge >= 0.3 is 0 Å². The maximum Gasteiger partial charge on any atom is 0.0450 e. The number of rotatable bonds is 7. The molecule has 0 saturated carbocycles. The molecule has 0 radical (unpaired) electrons. The van der Waals surface area contributed by atoms with Crippen molar-refractivity contribution in [3.8, 4) is 0 Å². The molecule has 16 heavy (non-hydrogen) atoms. The summed E-state index contributed by atoms with van der Waals surface area (Å²) in [6.45, 7) is 5.35. The Kier molecular flexibility index (Phi) is 6.51. The summed E-state index contributed by atoms with van der Waals surface area (Å²) in [5.41, 5.74) is 1.19. The topological polar surface area (TPSA) is 12.0 Å². The monoisotopic (exact) mass is 239 g/mol. The van der Waals surface area contributed by atoms with Crippen LogP contribution in [-0.2, 0) is 6.54 Å². The standard InChI is InChI=1S/C14H22ClN/c1-3-4-5-8-12(2)16-11-13-9-6-7-10-14(13)15/h6-7,9-10,12,16H,3-5,8,11H2,1-2H3. The molecule has 90 valence electrons. The lowest BCUT2D eigenvalue weighted by Crippen LogP contribution is -2.25. The van der Waals surface area contributed by atoms with Gasteiger partial charge in [-0.15, -0.1) is 0 Å². The summed E-state index contributed by atoms with van der Waals surface area (Å²) in [6, 6.07) is 8.60.